The van der Waals surface area contributed by atoms with E-state index in [0.717, 1.165) is 11.3 Å². The summed E-state index contributed by atoms with van der Waals surface area (Å²) in [6.45, 7) is 2.09. The molecule has 1 unspecified atom stereocenters. The molecule has 0 spiro atoms. The molecule has 1 atom stereocenters. The summed E-state index contributed by atoms with van der Waals surface area (Å²) in [6, 6.07) is 13.2. The zero-order chi connectivity index (χ0) is 15.2. The van der Waals surface area contributed by atoms with E-state index < -0.39 is 0 Å². The Kier molecular flexibility index (Phi) is 5.65. The highest BCUT2D eigenvalue weighted by Crippen LogP contribution is 2.23. The summed E-state index contributed by atoms with van der Waals surface area (Å²) in [5.41, 5.74) is 8.30. The summed E-state index contributed by atoms with van der Waals surface area (Å²) in [6.07, 6.45) is 0.653. The highest BCUT2D eigenvalue weighted by Gasteiger charge is 2.09. The van der Waals surface area contributed by atoms with Gasteiger partial charge in [0, 0.05) is 16.7 Å². The summed E-state index contributed by atoms with van der Waals surface area (Å²) >= 11 is 1.74. The van der Waals surface area contributed by atoms with E-state index in [1.54, 1.807) is 17.8 Å². The van der Waals surface area contributed by atoms with Gasteiger partial charge in [-0.15, -0.1) is 11.8 Å². The molecule has 4 heteroatoms. The number of aryl methyl sites for hydroxylation is 1. The van der Waals surface area contributed by atoms with Gasteiger partial charge >= 0.3 is 0 Å². The average molecular weight is 305 g/mol. The standard InChI is InChI=1S/C17H20FNOS/c1-12-5-3-4-6-17(12)21-11-14(19)9-13-7-8-16(20-2)15(18)10-13/h3-8,10,14H,9,11,19H2,1-2H3. The smallest absolute Gasteiger partial charge is 0.165 e. The Hall–Kier alpha value is -1.52. The maximum absolute atomic E-state index is 13.6. The molecule has 21 heavy (non-hydrogen) atoms. The average Bonchev–Trinajstić information content (AvgIpc) is 2.46. The van der Waals surface area contributed by atoms with E-state index in [0.29, 0.717) is 6.42 Å². The minimum atomic E-state index is -0.339. The SMILES string of the molecule is COc1ccc(CC(N)CSc2ccccc2C)cc1F. The second kappa shape index (κ2) is 7.48. The largest absolute Gasteiger partial charge is 0.494 e. The number of hydrogen-bond donors (Lipinski definition) is 1. The fourth-order valence-electron chi connectivity index (χ4n) is 2.11. The van der Waals surface area contributed by atoms with Crippen LogP contribution in [0.15, 0.2) is 47.4 Å². The monoisotopic (exact) mass is 305 g/mol. The Morgan fingerprint density at radius 2 is 2.00 bits per heavy atom. The number of halogens is 1. The van der Waals surface area contributed by atoms with Crippen LogP contribution in [0.25, 0.3) is 0 Å². The molecular weight excluding hydrogens is 285 g/mol. The molecule has 2 aromatic carbocycles. The third-order valence-corrected chi connectivity index (χ3v) is 4.62. The number of benzene rings is 2. The second-order valence-electron chi connectivity index (χ2n) is 5.01. The molecule has 2 nitrogen and oxygen atoms in total. The summed E-state index contributed by atoms with van der Waals surface area (Å²) < 4.78 is 18.5. The minimum absolute atomic E-state index is 0.0117. The Morgan fingerprint density at radius 3 is 2.67 bits per heavy atom. The zero-order valence-corrected chi connectivity index (χ0v) is 13.1. The van der Waals surface area contributed by atoms with E-state index >= 15 is 0 Å². The van der Waals surface area contributed by atoms with Crippen LogP contribution in [0, 0.1) is 12.7 Å². The van der Waals surface area contributed by atoms with Gasteiger partial charge in [-0.25, -0.2) is 4.39 Å². The number of ether oxygens (including phenoxy) is 1. The number of thioether (sulfide) groups is 1. The van der Waals surface area contributed by atoms with Crippen molar-refractivity contribution in [3.05, 3.63) is 59.4 Å². The molecule has 0 aliphatic carbocycles. The summed E-state index contributed by atoms with van der Waals surface area (Å²) in [5, 5.41) is 0. The van der Waals surface area contributed by atoms with Crippen molar-refractivity contribution in [2.45, 2.75) is 24.3 Å². The van der Waals surface area contributed by atoms with E-state index in [2.05, 4.69) is 19.1 Å². The first-order valence-corrected chi connectivity index (χ1v) is 7.85. The van der Waals surface area contributed by atoms with Gasteiger partial charge in [-0.3, -0.25) is 0 Å². The van der Waals surface area contributed by atoms with Crippen LogP contribution in [-0.4, -0.2) is 18.9 Å². The highest BCUT2D eigenvalue weighted by molar-refractivity contribution is 7.99. The van der Waals surface area contributed by atoms with E-state index in [4.69, 9.17) is 10.5 Å². The molecule has 0 fully saturated rings. The first kappa shape index (κ1) is 15.9. The van der Waals surface area contributed by atoms with E-state index in [1.165, 1.54) is 23.6 Å². The van der Waals surface area contributed by atoms with E-state index in [1.807, 2.05) is 18.2 Å². The third kappa shape index (κ3) is 4.48. The van der Waals surface area contributed by atoms with Gasteiger partial charge in [0.15, 0.2) is 11.6 Å². The zero-order valence-electron chi connectivity index (χ0n) is 12.3. The molecule has 2 N–H and O–H groups in total. The van der Waals surface area contributed by atoms with Crippen molar-refractivity contribution in [1.29, 1.82) is 0 Å². The lowest BCUT2D eigenvalue weighted by Crippen LogP contribution is -2.25. The molecule has 0 aliphatic heterocycles. The second-order valence-corrected chi connectivity index (χ2v) is 6.07. The van der Waals surface area contributed by atoms with Gasteiger partial charge in [0.25, 0.3) is 0 Å². The topological polar surface area (TPSA) is 35.2 Å². The number of rotatable bonds is 6. The maximum Gasteiger partial charge on any atom is 0.165 e. The van der Waals surface area contributed by atoms with Crippen LogP contribution in [0.3, 0.4) is 0 Å². The molecule has 2 rings (SSSR count). The number of hydrogen-bond acceptors (Lipinski definition) is 3. The van der Waals surface area contributed by atoms with Gasteiger partial charge < -0.3 is 10.5 Å². The van der Waals surface area contributed by atoms with E-state index in [-0.39, 0.29) is 17.6 Å². The lowest BCUT2D eigenvalue weighted by Gasteiger charge is -2.13. The lowest BCUT2D eigenvalue weighted by atomic mass is 10.1. The van der Waals surface area contributed by atoms with Crippen molar-refractivity contribution in [3.63, 3.8) is 0 Å². The minimum Gasteiger partial charge on any atom is -0.494 e. The highest BCUT2D eigenvalue weighted by atomic mass is 32.2. The molecule has 112 valence electrons. The molecule has 0 saturated carbocycles. The fourth-order valence-corrected chi connectivity index (χ4v) is 3.10. The normalized spacial score (nSPS) is 12.2. The van der Waals surface area contributed by atoms with Crippen LogP contribution < -0.4 is 10.5 Å². The van der Waals surface area contributed by atoms with Crippen LogP contribution in [0.2, 0.25) is 0 Å². The van der Waals surface area contributed by atoms with Gasteiger partial charge in [-0.1, -0.05) is 24.3 Å². The van der Waals surface area contributed by atoms with Gasteiger partial charge in [0.2, 0.25) is 0 Å². The molecule has 0 heterocycles. The molecule has 0 aliphatic rings. The van der Waals surface area contributed by atoms with Gasteiger partial charge in [-0.05, 0) is 42.7 Å². The van der Waals surface area contributed by atoms with Gasteiger partial charge in [-0.2, -0.15) is 0 Å². The van der Waals surface area contributed by atoms with E-state index in [9.17, 15) is 4.39 Å². The van der Waals surface area contributed by atoms with Crippen molar-refractivity contribution in [1.82, 2.24) is 0 Å². The Balaban J connectivity index is 1.91. The first-order valence-electron chi connectivity index (χ1n) is 6.86. The van der Waals surface area contributed by atoms with Crippen LogP contribution in [0.1, 0.15) is 11.1 Å². The molecule has 0 bridgehead atoms. The summed E-state index contributed by atoms with van der Waals surface area (Å²) in [4.78, 5) is 1.24. The van der Waals surface area contributed by atoms with Crippen molar-refractivity contribution < 1.29 is 9.13 Å². The lowest BCUT2D eigenvalue weighted by molar-refractivity contribution is 0.386. The first-order chi connectivity index (χ1) is 10.1. The van der Waals surface area contributed by atoms with Crippen molar-refractivity contribution >= 4 is 11.8 Å². The molecule has 0 radical (unpaired) electrons. The summed E-state index contributed by atoms with van der Waals surface area (Å²) in [7, 11) is 1.46. The third-order valence-electron chi connectivity index (χ3n) is 3.26. The molecule has 0 saturated heterocycles. The van der Waals surface area contributed by atoms with Crippen LogP contribution in [0.4, 0.5) is 4.39 Å². The predicted molar refractivity (Wildman–Crippen MR) is 86.5 cm³/mol. The maximum atomic E-state index is 13.6. The molecular formula is C17H20FNOS. The number of nitrogens with two attached hydrogens (primary N) is 1. The Bertz CT molecular complexity index is 603. The van der Waals surface area contributed by atoms with Crippen molar-refractivity contribution in [3.8, 4) is 5.75 Å². The van der Waals surface area contributed by atoms with Crippen molar-refractivity contribution in [2.24, 2.45) is 5.73 Å². The molecule has 2 aromatic rings. The predicted octanol–water partition coefficient (Wildman–Crippen LogP) is 3.80. The van der Waals surface area contributed by atoms with Crippen LogP contribution in [-0.2, 0) is 6.42 Å². The fraction of sp³-hybridized carbons (Fsp3) is 0.294. The number of methoxy groups -OCH3 is 1. The Labute approximate surface area is 129 Å². The van der Waals surface area contributed by atoms with Gasteiger partial charge in [0.05, 0.1) is 7.11 Å². The van der Waals surface area contributed by atoms with Gasteiger partial charge in [0.1, 0.15) is 0 Å². The van der Waals surface area contributed by atoms with Crippen LogP contribution >= 0.6 is 11.8 Å². The molecule has 0 aromatic heterocycles. The Morgan fingerprint density at radius 1 is 1.24 bits per heavy atom. The quantitative estimate of drug-likeness (QED) is 0.824. The summed E-state index contributed by atoms with van der Waals surface area (Å²) in [5.74, 6) is 0.730. The van der Waals surface area contributed by atoms with Crippen molar-refractivity contribution in [2.75, 3.05) is 12.9 Å². The molecule has 0 amide bonds. The van der Waals surface area contributed by atoms with Crippen LogP contribution in [0.5, 0.6) is 5.75 Å².